The van der Waals surface area contributed by atoms with Crippen molar-refractivity contribution in [1.82, 2.24) is 35.1 Å². The number of aliphatic hydroxyl groups excluding tert-OH is 1. The molecule has 1 atom stereocenters. The summed E-state index contributed by atoms with van der Waals surface area (Å²) in [4.78, 5) is 23.5. The molecule has 11 heteroatoms. The second kappa shape index (κ2) is 9.51. The van der Waals surface area contributed by atoms with E-state index in [4.69, 9.17) is 4.98 Å². The average Bonchev–Trinajstić information content (AvgIpc) is 3.75. The zero-order valence-corrected chi connectivity index (χ0v) is 21.9. The highest BCUT2D eigenvalue weighted by molar-refractivity contribution is 7.15. The van der Waals surface area contributed by atoms with Crippen molar-refractivity contribution in [2.24, 2.45) is 5.92 Å². The highest BCUT2D eigenvalue weighted by atomic mass is 32.1. The lowest BCUT2D eigenvalue weighted by molar-refractivity contribution is 0.137. The van der Waals surface area contributed by atoms with Crippen LogP contribution in [0, 0.1) is 18.7 Å². The molecule has 1 fully saturated rings. The second-order valence-corrected chi connectivity index (χ2v) is 11.2. The lowest BCUT2D eigenvalue weighted by Gasteiger charge is -2.20. The molecule has 0 radical (unpaired) electrons. The fourth-order valence-corrected chi connectivity index (χ4v) is 6.21. The molecule has 1 aliphatic rings. The van der Waals surface area contributed by atoms with Crippen molar-refractivity contribution in [2.45, 2.75) is 38.8 Å². The largest absolute Gasteiger partial charge is 0.374 e. The van der Waals surface area contributed by atoms with Crippen LogP contribution in [-0.4, -0.2) is 46.5 Å². The van der Waals surface area contributed by atoms with Crippen LogP contribution in [0.25, 0.3) is 55.3 Å². The first kappa shape index (κ1) is 23.9. The Hall–Kier alpha value is -4.22. The van der Waals surface area contributed by atoms with Crippen molar-refractivity contribution in [3.8, 4) is 33.3 Å². The molecule has 39 heavy (non-hydrogen) atoms. The van der Waals surface area contributed by atoms with Gasteiger partial charge < -0.3 is 15.4 Å². The molecule has 6 heterocycles. The van der Waals surface area contributed by atoms with Gasteiger partial charge in [-0.05, 0) is 44.0 Å². The molecular formula is C28H25FN8OS. The van der Waals surface area contributed by atoms with Gasteiger partial charge in [0.1, 0.15) is 28.8 Å². The van der Waals surface area contributed by atoms with E-state index in [1.54, 1.807) is 42.2 Å². The molecule has 0 aromatic carbocycles. The molecule has 1 saturated carbocycles. The Kier molecular flexibility index (Phi) is 5.82. The van der Waals surface area contributed by atoms with E-state index in [-0.39, 0.29) is 17.0 Å². The van der Waals surface area contributed by atoms with E-state index in [1.165, 1.54) is 4.88 Å². The quantitative estimate of drug-likeness (QED) is 0.189. The van der Waals surface area contributed by atoms with E-state index in [1.807, 2.05) is 25.1 Å². The lowest BCUT2D eigenvalue weighted by atomic mass is 10.1. The highest BCUT2D eigenvalue weighted by Crippen LogP contribution is 2.36. The lowest BCUT2D eigenvalue weighted by Crippen LogP contribution is -2.26. The Morgan fingerprint density at radius 3 is 2.74 bits per heavy atom. The van der Waals surface area contributed by atoms with Gasteiger partial charge >= 0.3 is 0 Å². The van der Waals surface area contributed by atoms with Gasteiger partial charge in [0.25, 0.3) is 0 Å². The molecule has 7 rings (SSSR count). The predicted molar refractivity (Wildman–Crippen MR) is 150 cm³/mol. The minimum Gasteiger partial charge on any atom is -0.374 e. The molecule has 6 aromatic rings. The van der Waals surface area contributed by atoms with E-state index in [2.05, 4.69) is 35.5 Å². The van der Waals surface area contributed by atoms with Crippen LogP contribution in [0.4, 0.5) is 10.1 Å². The first-order chi connectivity index (χ1) is 19.0. The van der Waals surface area contributed by atoms with Gasteiger partial charge in [0.15, 0.2) is 11.6 Å². The first-order valence-electron chi connectivity index (χ1n) is 12.9. The maximum Gasteiger partial charge on any atom is 0.161 e. The standard InChI is InChI=1S/C28H25FN8OS/c1-14-6-7-20(39-14)25-24-18(8-9-31-25)34-27(35-24)26-21-19(36-37-26)13-32-23(22(21)29)16-10-17(12-30-11-16)33-28(38)15-4-2-3-5-15/h6-13,15,28,33,38H,2-5H2,1H3,(H,34,35)(H,36,37). The topological polar surface area (TPSA) is 128 Å². The number of nitrogens with one attached hydrogen (secondary N) is 3. The van der Waals surface area contributed by atoms with Crippen molar-refractivity contribution in [3.63, 3.8) is 0 Å². The highest BCUT2D eigenvalue weighted by Gasteiger charge is 2.24. The summed E-state index contributed by atoms with van der Waals surface area (Å²) < 4.78 is 16.1. The molecule has 1 unspecified atom stereocenters. The van der Waals surface area contributed by atoms with Gasteiger partial charge in [-0.2, -0.15) is 5.10 Å². The minimum absolute atomic E-state index is 0.143. The Morgan fingerprint density at radius 1 is 1.05 bits per heavy atom. The monoisotopic (exact) mass is 540 g/mol. The summed E-state index contributed by atoms with van der Waals surface area (Å²) >= 11 is 1.65. The number of H-pyrrole nitrogens is 2. The van der Waals surface area contributed by atoms with Crippen LogP contribution in [0.15, 0.2) is 49.1 Å². The maximum absolute atomic E-state index is 16.1. The Bertz CT molecular complexity index is 1820. The van der Waals surface area contributed by atoms with Crippen LogP contribution in [0.2, 0.25) is 0 Å². The van der Waals surface area contributed by atoms with Crippen molar-refractivity contribution < 1.29 is 9.50 Å². The summed E-state index contributed by atoms with van der Waals surface area (Å²) in [6.07, 6.45) is 10.0. The van der Waals surface area contributed by atoms with Crippen molar-refractivity contribution in [3.05, 3.63) is 59.7 Å². The van der Waals surface area contributed by atoms with Gasteiger partial charge in [0.05, 0.1) is 39.4 Å². The van der Waals surface area contributed by atoms with Crippen molar-refractivity contribution >= 4 is 39.0 Å². The Labute approximate surface area is 226 Å². The van der Waals surface area contributed by atoms with Gasteiger partial charge in [0, 0.05) is 28.8 Å². The number of aromatic amines is 2. The third-order valence-corrected chi connectivity index (χ3v) is 8.32. The van der Waals surface area contributed by atoms with Gasteiger partial charge in [0.2, 0.25) is 0 Å². The fraction of sp³-hybridized carbons (Fsp3) is 0.250. The smallest absolute Gasteiger partial charge is 0.161 e. The zero-order valence-electron chi connectivity index (χ0n) is 21.1. The number of thiophene rings is 1. The summed E-state index contributed by atoms with van der Waals surface area (Å²) in [5, 5.41) is 21.3. The van der Waals surface area contributed by atoms with E-state index in [9.17, 15) is 5.11 Å². The number of pyridine rings is 3. The van der Waals surface area contributed by atoms with Crippen LogP contribution in [0.5, 0.6) is 0 Å². The summed E-state index contributed by atoms with van der Waals surface area (Å²) in [5.41, 5.74) is 4.32. The number of halogens is 1. The van der Waals surface area contributed by atoms with Crippen LogP contribution >= 0.6 is 11.3 Å². The number of hydrogen-bond acceptors (Lipinski definition) is 8. The van der Waals surface area contributed by atoms with Crippen LogP contribution < -0.4 is 5.32 Å². The van der Waals surface area contributed by atoms with Crippen molar-refractivity contribution in [1.29, 1.82) is 0 Å². The third-order valence-electron chi connectivity index (χ3n) is 7.32. The number of anilines is 1. The maximum atomic E-state index is 16.1. The summed E-state index contributed by atoms with van der Waals surface area (Å²) in [5.74, 6) is 0.110. The number of aliphatic hydroxyl groups is 1. The Balaban J connectivity index is 1.28. The predicted octanol–water partition coefficient (Wildman–Crippen LogP) is 6.05. The van der Waals surface area contributed by atoms with Crippen LogP contribution in [0.3, 0.4) is 0 Å². The number of hydrogen-bond donors (Lipinski definition) is 4. The minimum atomic E-state index is -0.670. The normalized spacial score (nSPS) is 14.9. The molecular weight excluding hydrogens is 515 g/mol. The summed E-state index contributed by atoms with van der Waals surface area (Å²) in [6.45, 7) is 2.05. The average molecular weight is 541 g/mol. The number of nitrogens with zero attached hydrogens (tertiary/aromatic N) is 5. The zero-order chi connectivity index (χ0) is 26.5. The molecule has 196 valence electrons. The molecule has 0 aliphatic heterocycles. The molecule has 0 bridgehead atoms. The number of imidazole rings is 1. The van der Waals surface area contributed by atoms with E-state index >= 15 is 4.39 Å². The first-order valence-corrected chi connectivity index (χ1v) is 13.7. The number of rotatable bonds is 6. The molecule has 0 saturated heterocycles. The van der Waals surface area contributed by atoms with Crippen LogP contribution in [0.1, 0.15) is 30.6 Å². The fourth-order valence-electron chi connectivity index (χ4n) is 5.35. The van der Waals surface area contributed by atoms with Gasteiger partial charge in [-0.3, -0.25) is 20.1 Å². The molecule has 0 amide bonds. The van der Waals surface area contributed by atoms with Gasteiger partial charge in [-0.15, -0.1) is 11.3 Å². The summed E-state index contributed by atoms with van der Waals surface area (Å²) in [7, 11) is 0. The van der Waals surface area contributed by atoms with Crippen LogP contribution in [-0.2, 0) is 0 Å². The molecule has 0 spiro atoms. The van der Waals surface area contributed by atoms with E-state index < -0.39 is 12.0 Å². The number of aryl methyl sites for hydroxylation is 1. The molecule has 4 N–H and O–H groups in total. The summed E-state index contributed by atoms with van der Waals surface area (Å²) in [6, 6.07) is 7.68. The third kappa shape index (κ3) is 4.23. The van der Waals surface area contributed by atoms with Crippen molar-refractivity contribution in [2.75, 3.05) is 5.32 Å². The second-order valence-electron chi connectivity index (χ2n) is 9.93. The number of aromatic nitrogens is 7. The molecule has 6 aromatic heterocycles. The molecule has 1 aliphatic carbocycles. The van der Waals surface area contributed by atoms with E-state index in [0.29, 0.717) is 33.8 Å². The van der Waals surface area contributed by atoms with Gasteiger partial charge in [-0.1, -0.05) is 12.8 Å². The number of fused-ring (bicyclic) bond motifs is 2. The molecule has 9 nitrogen and oxygen atoms in total. The van der Waals surface area contributed by atoms with Gasteiger partial charge in [-0.25, -0.2) is 9.37 Å². The SMILES string of the molecule is Cc1ccc(-c2nccc3[nH]c(-c4n[nH]c5cnc(-c6cncc(NC(O)C7CCCC7)c6)c(F)c45)nc23)s1. The Morgan fingerprint density at radius 2 is 1.92 bits per heavy atom. The van der Waals surface area contributed by atoms with E-state index in [0.717, 1.165) is 41.8 Å².